The minimum atomic E-state index is -3.50. The van der Waals surface area contributed by atoms with Crippen molar-refractivity contribution in [2.75, 3.05) is 19.6 Å². The Morgan fingerprint density at radius 3 is 2.52 bits per heavy atom. The summed E-state index contributed by atoms with van der Waals surface area (Å²) in [6.07, 6.45) is 0. The van der Waals surface area contributed by atoms with E-state index in [1.54, 1.807) is 11.2 Å². The fraction of sp³-hybridized carbons (Fsp3) is 0.438. The summed E-state index contributed by atoms with van der Waals surface area (Å²) in [7, 11) is -3.50. The molecule has 0 aliphatic carbocycles. The third-order valence-corrected chi connectivity index (χ3v) is 7.86. The quantitative estimate of drug-likeness (QED) is 0.915. The van der Waals surface area contributed by atoms with Gasteiger partial charge in [0.25, 0.3) is 10.0 Å². The van der Waals surface area contributed by atoms with Crippen molar-refractivity contribution >= 4 is 21.4 Å². The van der Waals surface area contributed by atoms with E-state index in [0.29, 0.717) is 29.5 Å². The number of thiazole rings is 1. The molecule has 1 aromatic heterocycles. The first-order valence-electron chi connectivity index (χ1n) is 7.62. The Labute approximate surface area is 141 Å². The molecular formula is C16H21N3O2S2. The molecule has 124 valence electrons. The fourth-order valence-corrected chi connectivity index (χ4v) is 6.36. The molecule has 0 saturated carbocycles. The lowest BCUT2D eigenvalue weighted by atomic mass is 9.89. The zero-order chi connectivity index (χ0) is 16.6. The molecule has 0 spiro atoms. The van der Waals surface area contributed by atoms with Crippen LogP contribution in [-0.2, 0) is 10.0 Å². The van der Waals surface area contributed by atoms with Crippen molar-refractivity contribution in [1.29, 1.82) is 0 Å². The van der Waals surface area contributed by atoms with Crippen molar-refractivity contribution in [3.05, 3.63) is 46.6 Å². The first kappa shape index (κ1) is 16.6. The van der Waals surface area contributed by atoms with E-state index in [1.807, 2.05) is 37.3 Å². The lowest BCUT2D eigenvalue weighted by Crippen LogP contribution is -2.29. The standard InChI is InChI=1S/C16H21N3O2S2/c1-11-16(22-12(2)18-11)23(20,21)19-9-14(8-17)15(10-19)13-6-4-3-5-7-13/h3-7,14-15H,8-10,17H2,1-2H3/t14-,15+/m1/s1. The number of nitrogens with two attached hydrogens (primary N) is 1. The van der Waals surface area contributed by atoms with E-state index >= 15 is 0 Å². The Morgan fingerprint density at radius 1 is 1.26 bits per heavy atom. The highest BCUT2D eigenvalue weighted by Gasteiger charge is 2.40. The number of rotatable bonds is 4. The van der Waals surface area contributed by atoms with Crippen LogP contribution in [0.5, 0.6) is 0 Å². The first-order valence-corrected chi connectivity index (χ1v) is 9.88. The van der Waals surface area contributed by atoms with Gasteiger partial charge in [0.2, 0.25) is 0 Å². The van der Waals surface area contributed by atoms with E-state index in [9.17, 15) is 8.42 Å². The van der Waals surface area contributed by atoms with Crippen LogP contribution in [-0.4, -0.2) is 37.3 Å². The smallest absolute Gasteiger partial charge is 0.254 e. The number of aromatic nitrogens is 1. The zero-order valence-corrected chi connectivity index (χ0v) is 14.9. The average molecular weight is 351 g/mol. The van der Waals surface area contributed by atoms with Crippen LogP contribution in [0.25, 0.3) is 0 Å². The van der Waals surface area contributed by atoms with Gasteiger partial charge in [-0.1, -0.05) is 30.3 Å². The molecule has 0 bridgehead atoms. The molecule has 2 N–H and O–H groups in total. The van der Waals surface area contributed by atoms with Gasteiger partial charge in [-0.15, -0.1) is 11.3 Å². The van der Waals surface area contributed by atoms with Gasteiger partial charge >= 0.3 is 0 Å². The number of sulfonamides is 1. The average Bonchev–Trinajstić information content (AvgIpc) is 3.12. The topological polar surface area (TPSA) is 76.3 Å². The summed E-state index contributed by atoms with van der Waals surface area (Å²) in [5, 5.41) is 0.773. The maximum absolute atomic E-state index is 13.0. The Bertz CT molecular complexity index is 787. The van der Waals surface area contributed by atoms with Crippen LogP contribution in [0, 0.1) is 19.8 Å². The number of hydrogen-bond acceptors (Lipinski definition) is 5. The molecule has 0 radical (unpaired) electrons. The summed E-state index contributed by atoms with van der Waals surface area (Å²) >= 11 is 1.24. The van der Waals surface area contributed by atoms with Crippen LogP contribution in [0.1, 0.15) is 22.2 Å². The fourth-order valence-electron chi connectivity index (χ4n) is 3.21. The van der Waals surface area contributed by atoms with Crippen molar-refractivity contribution in [3.63, 3.8) is 0 Å². The Kier molecular flexibility index (Phi) is 4.55. The van der Waals surface area contributed by atoms with Crippen LogP contribution in [0.15, 0.2) is 34.5 Å². The third-order valence-electron chi connectivity index (χ3n) is 4.37. The highest BCUT2D eigenvalue weighted by molar-refractivity contribution is 7.91. The summed E-state index contributed by atoms with van der Waals surface area (Å²) in [6, 6.07) is 10.0. The molecular weight excluding hydrogens is 330 g/mol. The number of hydrogen-bond donors (Lipinski definition) is 1. The van der Waals surface area contributed by atoms with Gasteiger partial charge in [-0.2, -0.15) is 4.31 Å². The van der Waals surface area contributed by atoms with E-state index in [2.05, 4.69) is 4.98 Å². The molecule has 1 aliphatic rings. The summed E-state index contributed by atoms with van der Waals surface area (Å²) in [5.41, 5.74) is 7.64. The second-order valence-electron chi connectivity index (χ2n) is 5.94. The number of nitrogens with zero attached hydrogens (tertiary/aromatic N) is 2. The monoisotopic (exact) mass is 351 g/mol. The van der Waals surface area contributed by atoms with Gasteiger partial charge in [-0.05, 0) is 31.9 Å². The first-order chi connectivity index (χ1) is 10.9. The van der Waals surface area contributed by atoms with Crippen LogP contribution in [0.4, 0.5) is 0 Å². The van der Waals surface area contributed by atoms with E-state index < -0.39 is 10.0 Å². The Morgan fingerprint density at radius 2 is 1.96 bits per heavy atom. The van der Waals surface area contributed by atoms with Crippen LogP contribution < -0.4 is 5.73 Å². The summed E-state index contributed by atoms with van der Waals surface area (Å²) < 4.78 is 27.9. The van der Waals surface area contributed by atoms with E-state index in [0.717, 1.165) is 10.6 Å². The van der Waals surface area contributed by atoms with Crippen LogP contribution in [0.2, 0.25) is 0 Å². The van der Waals surface area contributed by atoms with E-state index in [-0.39, 0.29) is 11.8 Å². The van der Waals surface area contributed by atoms with E-state index in [1.165, 1.54) is 11.3 Å². The molecule has 5 nitrogen and oxygen atoms in total. The van der Waals surface area contributed by atoms with Gasteiger partial charge in [0, 0.05) is 19.0 Å². The normalized spacial score (nSPS) is 22.6. The van der Waals surface area contributed by atoms with Crippen LogP contribution >= 0.6 is 11.3 Å². The minimum absolute atomic E-state index is 0.140. The highest BCUT2D eigenvalue weighted by Crippen LogP contribution is 2.36. The second kappa shape index (κ2) is 6.32. The molecule has 1 aromatic carbocycles. The molecule has 1 saturated heterocycles. The molecule has 0 amide bonds. The molecule has 2 heterocycles. The maximum Gasteiger partial charge on any atom is 0.254 e. The van der Waals surface area contributed by atoms with Gasteiger partial charge < -0.3 is 5.73 Å². The van der Waals surface area contributed by atoms with E-state index in [4.69, 9.17) is 5.73 Å². The second-order valence-corrected chi connectivity index (χ2v) is 9.28. The molecule has 23 heavy (non-hydrogen) atoms. The van der Waals surface area contributed by atoms with Crippen molar-refractivity contribution in [2.24, 2.45) is 11.7 Å². The van der Waals surface area contributed by atoms with Crippen molar-refractivity contribution in [3.8, 4) is 0 Å². The van der Waals surface area contributed by atoms with Gasteiger partial charge in [0.05, 0.1) is 10.7 Å². The molecule has 0 unspecified atom stereocenters. The number of benzene rings is 1. The molecule has 1 fully saturated rings. The molecule has 2 atom stereocenters. The van der Waals surface area contributed by atoms with Crippen molar-refractivity contribution in [2.45, 2.75) is 24.0 Å². The summed E-state index contributed by atoms with van der Waals surface area (Å²) in [5.74, 6) is 0.284. The van der Waals surface area contributed by atoms with Crippen molar-refractivity contribution in [1.82, 2.24) is 9.29 Å². The zero-order valence-electron chi connectivity index (χ0n) is 13.3. The third kappa shape index (κ3) is 3.06. The van der Waals surface area contributed by atoms with Gasteiger partial charge in [0.1, 0.15) is 0 Å². The largest absolute Gasteiger partial charge is 0.330 e. The summed E-state index contributed by atoms with van der Waals surface area (Å²) in [4.78, 5) is 4.25. The lowest BCUT2D eigenvalue weighted by molar-refractivity contribution is 0.460. The van der Waals surface area contributed by atoms with Gasteiger partial charge in [0.15, 0.2) is 4.21 Å². The lowest BCUT2D eigenvalue weighted by Gasteiger charge is -2.16. The van der Waals surface area contributed by atoms with Crippen molar-refractivity contribution < 1.29 is 8.42 Å². The predicted octanol–water partition coefficient (Wildman–Crippen LogP) is 2.12. The highest BCUT2D eigenvalue weighted by atomic mass is 32.2. The maximum atomic E-state index is 13.0. The van der Waals surface area contributed by atoms with Crippen LogP contribution in [0.3, 0.4) is 0 Å². The summed E-state index contributed by atoms with van der Waals surface area (Å²) in [6.45, 7) is 5.00. The Balaban J connectivity index is 1.92. The molecule has 7 heteroatoms. The Hall–Kier alpha value is -1.28. The molecule has 2 aromatic rings. The predicted molar refractivity (Wildman–Crippen MR) is 92.1 cm³/mol. The molecule has 1 aliphatic heterocycles. The molecule has 3 rings (SSSR count). The minimum Gasteiger partial charge on any atom is -0.330 e. The van der Waals surface area contributed by atoms with Gasteiger partial charge in [-0.25, -0.2) is 13.4 Å². The SMILES string of the molecule is Cc1nc(C)c(S(=O)(=O)N2C[C@@H](CN)[C@H](c3ccccc3)C2)s1. The number of aryl methyl sites for hydroxylation is 2. The van der Waals surface area contributed by atoms with Gasteiger partial charge in [-0.3, -0.25) is 0 Å².